The normalized spacial score (nSPS) is 25.1. The van der Waals surface area contributed by atoms with Gasteiger partial charge in [-0.15, -0.1) is 11.8 Å². The zero-order valence-corrected chi connectivity index (χ0v) is 13.4. The van der Waals surface area contributed by atoms with Gasteiger partial charge in [0, 0.05) is 10.2 Å². The molecule has 1 amide bonds. The summed E-state index contributed by atoms with van der Waals surface area (Å²) in [7, 11) is 0. The lowest BCUT2D eigenvalue weighted by Crippen LogP contribution is -2.46. The van der Waals surface area contributed by atoms with Gasteiger partial charge in [-0.1, -0.05) is 15.9 Å². The second-order valence-corrected chi connectivity index (χ2v) is 7.32. The van der Waals surface area contributed by atoms with Crippen LogP contribution in [0.3, 0.4) is 0 Å². The van der Waals surface area contributed by atoms with E-state index in [-0.39, 0.29) is 10.9 Å². The van der Waals surface area contributed by atoms with Gasteiger partial charge in [0.05, 0.1) is 10.9 Å². The van der Waals surface area contributed by atoms with Crippen LogP contribution in [-0.4, -0.2) is 39.1 Å². The molecule has 2 atom stereocenters. The van der Waals surface area contributed by atoms with Gasteiger partial charge in [0.2, 0.25) is 0 Å². The van der Waals surface area contributed by atoms with Crippen LogP contribution in [0.4, 0.5) is 4.39 Å². The third-order valence-corrected chi connectivity index (χ3v) is 5.69. The summed E-state index contributed by atoms with van der Waals surface area (Å²) in [6, 6.07) is 3.25. The van der Waals surface area contributed by atoms with Crippen molar-refractivity contribution < 1.29 is 19.1 Å². The van der Waals surface area contributed by atoms with Crippen molar-refractivity contribution in [3.05, 3.63) is 34.1 Å². The number of nitrogens with zero attached hydrogens (tertiary/aromatic N) is 1. The molecule has 0 spiro atoms. The topological polar surface area (TPSA) is 57.6 Å². The summed E-state index contributed by atoms with van der Waals surface area (Å²) in [6.07, 6.45) is 1.99. The standard InChI is InChI=1S/C14H13BrFNO3S/c15-8-3-4-10(16)9(5-8)12(18)17-11(14(19)20)6-21-13(17)7-1-2-7/h3-5,7,11,13H,1-2,6H2,(H,19,20). The molecule has 0 bridgehead atoms. The molecule has 4 nitrogen and oxygen atoms in total. The van der Waals surface area contributed by atoms with Gasteiger partial charge in [0.25, 0.3) is 5.91 Å². The molecule has 1 heterocycles. The van der Waals surface area contributed by atoms with E-state index in [0.717, 1.165) is 12.8 Å². The molecule has 7 heteroatoms. The van der Waals surface area contributed by atoms with Gasteiger partial charge in [0.1, 0.15) is 11.9 Å². The van der Waals surface area contributed by atoms with Crippen molar-refractivity contribution in [2.75, 3.05) is 5.75 Å². The maximum absolute atomic E-state index is 13.9. The fourth-order valence-electron chi connectivity index (χ4n) is 2.52. The molecule has 112 valence electrons. The second kappa shape index (κ2) is 5.61. The van der Waals surface area contributed by atoms with E-state index < -0.39 is 23.7 Å². The quantitative estimate of drug-likeness (QED) is 0.884. The fraction of sp³-hybridized carbons (Fsp3) is 0.429. The SMILES string of the molecule is O=C(O)C1CSC(C2CC2)N1C(=O)c1cc(Br)ccc1F. The highest BCUT2D eigenvalue weighted by Gasteiger charge is 2.48. The van der Waals surface area contributed by atoms with E-state index in [4.69, 9.17) is 0 Å². The number of benzene rings is 1. The number of rotatable bonds is 3. The Balaban J connectivity index is 1.95. The van der Waals surface area contributed by atoms with E-state index in [1.54, 1.807) is 0 Å². The molecule has 1 aromatic carbocycles. The average molecular weight is 374 g/mol. The summed E-state index contributed by atoms with van der Waals surface area (Å²) in [5, 5.41) is 9.16. The number of thioether (sulfide) groups is 1. The lowest BCUT2D eigenvalue weighted by Gasteiger charge is -2.27. The Hall–Kier alpha value is -1.08. The first kappa shape index (κ1) is 14.8. The van der Waals surface area contributed by atoms with E-state index in [1.807, 2.05) is 0 Å². The Kier molecular flexibility index (Phi) is 3.96. The lowest BCUT2D eigenvalue weighted by atomic mass is 10.1. The highest BCUT2D eigenvalue weighted by Crippen LogP contribution is 2.46. The molecule has 2 aliphatic rings. The monoisotopic (exact) mass is 373 g/mol. The van der Waals surface area contributed by atoms with Crippen LogP contribution < -0.4 is 0 Å². The molecule has 1 aliphatic heterocycles. The van der Waals surface area contributed by atoms with Gasteiger partial charge in [-0.25, -0.2) is 9.18 Å². The number of hydrogen-bond donors (Lipinski definition) is 1. The van der Waals surface area contributed by atoms with Crippen LogP contribution in [0.2, 0.25) is 0 Å². The number of aliphatic carboxylic acids is 1. The summed E-state index contributed by atoms with van der Waals surface area (Å²) in [5.41, 5.74) is -0.0798. The average Bonchev–Trinajstić information content (AvgIpc) is 3.19. The molecular formula is C14H13BrFNO3S. The lowest BCUT2D eigenvalue weighted by molar-refractivity contribution is -0.141. The predicted molar refractivity (Wildman–Crippen MR) is 80.7 cm³/mol. The molecule has 1 saturated heterocycles. The van der Waals surface area contributed by atoms with E-state index in [1.165, 1.54) is 34.9 Å². The molecule has 0 radical (unpaired) electrons. The van der Waals surface area contributed by atoms with Crippen molar-refractivity contribution >= 4 is 39.6 Å². The zero-order chi connectivity index (χ0) is 15.1. The molecule has 21 heavy (non-hydrogen) atoms. The van der Waals surface area contributed by atoms with Gasteiger partial charge in [0.15, 0.2) is 0 Å². The van der Waals surface area contributed by atoms with Crippen molar-refractivity contribution in [1.82, 2.24) is 4.90 Å². The highest BCUT2D eigenvalue weighted by molar-refractivity contribution is 9.10. The largest absolute Gasteiger partial charge is 0.480 e. The summed E-state index contributed by atoms with van der Waals surface area (Å²) < 4.78 is 14.5. The van der Waals surface area contributed by atoms with Crippen molar-refractivity contribution in [3.8, 4) is 0 Å². The molecule has 2 unspecified atom stereocenters. The van der Waals surface area contributed by atoms with E-state index in [9.17, 15) is 19.1 Å². The van der Waals surface area contributed by atoms with Crippen LogP contribution in [0.5, 0.6) is 0 Å². The van der Waals surface area contributed by atoms with Crippen molar-refractivity contribution in [2.45, 2.75) is 24.3 Å². The third kappa shape index (κ3) is 2.81. The minimum atomic E-state index is -1.03. The van der Waals surface area contributed by atoms with Gasteiger partial charge >= 0.3 is 5.97 Å². The van der Waals surface area contributed by atoms with Gasteiger partial charge in [-0.2, -0.15) is 0 Å². The van der Waals surface area contributed by atoms with Crippen LogP contribution in [-0.2, 0) is 4.79 Å². The Morgan fingerprint density at radius 3 is 2.71 bits per heavy atom. The summed E-state index contributed by atoms with van der Waals surface area (Å²) >= 11 is 4.70. The molecule has 2 fully saturated rings. The van der Waals surface area contributed by atoms with Gasteiger partial charge < -0.3 is 10.0 Å². The molecular weight excluding hydrogens is 361 g/mol. The first-order chi connectivity index (χ1) is 9.99. The smallest absolute Gasteiger partial charge is 0.327 e. The van der Waals surface area contributed by atoms with Crippen LogP contribution in [0.1, 0.15) is 23.2 Å². The van der Waals surface area contributed by atoms with Gasteiger partial charge in [-0.3, -0.25) is 4.79 Å². The first-order valence-corrected chi connectivity index (χ1v) is 8.45. The maximum atomic E-state index is 13.9. The molecule has 0 aromatic heterocycles. The van der Waals surface area contributed by atoms with Crippen LogP contribution in [0, 0.1) is 11.7 Å². The third-order valence-electron chi connectivity index (χ3n) is 3.74. The number of carbonyl (C=O) groups excluding carboxylic acids is 1. The molecule has 1 saturated carbocycles. The number of carboxylic acid groups (broad SMARTS) is 1. The van der Waals surface area contributed by atoms with Crippen LogP contribution >= 0.6 is 27.7 Å². The van der Waals surface area contributed by atoms with Crippen molar-refractivity contribution in [3.63, 3.8) is 0 Å². The van der Waals surface area contributed by atoms with E-state index in [2.05, 4.69) is 15.9 Å². The number of amides is 1. The van der Waals surface area contributed by atoms with E-state index >= 15 is 0 Å². The minimum Gasteiger partial charge on any atom is -0.480 e. The maximum Gasteiger partial charge on any atom is 0.327 e. The zero-order valence-electron chi connectivity index (χ0n) is 11.0. The molecule has 1 aliphatic carbocycles. The van der Waals surface area contributed by atoms with Crippen molar-refractivity contribution in [2.24, 2.45) is 5.92 Å². The Morgan fingerprint density at radius 2 is 2.10 bits per heavy atom. The Bertz CT molecular complexity index is 608. The van der Waals surface area contributed by atoms with E-state index in [0.29, 0.717) is 16.1 Å². The number of hydrogen-bond acceptors (Lipinski definition) is 3. The van der Waals surface area contributed by atoms with Gasteiger partial charge in [-0.05, 0) is 37.0 Å². The number of carboxylic acids is 1. The van der Waals surface area contributed by atoms with Crippen molar-refractivity contribution in [1.29, 1.82) is 0 Å². The number of carbonyl (C=O) groups is 2. The molecule has 1 N–H and O–H groups in total. The second-order valence-electron chi connectivity index (χ2n) is 5.25. The summed E-state index contributed by atoms with van der Waals surface area (Å²) in [6.45, 7) is 0. The highest BCUT2D eigenvalue weighted by atomic mass is 79.9. The molecule has 3 rings (SSSR count). The van der Waals surface area contributed by atoms with Crippen LogP contribution in [0.15, 0.2) is 22.7 Å². The van der Waals surface area contributed by atoms with Crippen LogP contribution in [0.25, 0.3) is 0 Å². The minimum absolute atomic E-state index is 0.0798. The Morgan fingerprint density at radius 1 is 1.38 bits per heavy atom. The summed E-state index contributed by atoms with van der Waals surface area (Å²) in [5.74, 6) is -1.51. The Labute approximate surface area is 133 Å². The molecule has 1 aromatic rings. The first-order valence-electron chi connectivity index (χ1n) is 6.61. The number of halogens is 2. The fourth-order valence-corrected chi connectivity index (χ4v) is 4.51. The predicted octanol–water partition coefficient (Wildman–Crippen LogP) is 2.97. The summed E-state index contributed by atoms with van der Waals surface area (Å²) in [4.78, 5) is 25.4.